The monoisotopic (exact) mass is 524 g/mol. The number of nitro benzene ring substituents is 1. The molecule has 0 saturated heterocycles. The molecule has 0 aromatic heterocycles. The van der Waals surface area contributed by atoms with Gasteiger partial charge in [0.15, 0.2) is 0 Å². The second-order valence-electron chi connectivity index (χ2n) is 5.39. The Hall–Kier alpha value is -2.90. The number of nitro groups is 1. The van der Waals surface area contributed by atoms with Gasteiger partial charge in [-0.25, -0.2) is 9.59 Å². The first-order chi connectivity index (χ1) is 13.5. The van der Waals surface area contributed by atoms with E-state index in [1.807, 2.05) is 0 Å². The SMILES string of the molecule is COC(=O)C1=C(C(=O)OC)N(c2c(I)cc([N+](=O)[O-])cc2C(F)(F)F)C=CC=C1. The van der Waals surface area contributed by atoms with Gasteiger partial charge < -0.3 is 14.4 Å². The van der Waals surface area contributed by atoms with Crippen molar-refractivity contribution in [1.29, 1.82) is 0 Å². The van der Waals surface area contributed by atoms with Gasteiger partial charge in [0.1, 0.15) is 5.70 Å². The molecule has 0 bridgehead atoms. The number of nitrogens with zero attached hydrogens (tertiary/aromatic N) is 2. The van der Waals surface area contributed by atoms with Crippen molar-refractivity contribution in [3.05, 3.63) is 67.1 Å². The van der Waals surface area contributed by atoms with Crippen LogP contribution in [0.25, 0.3) is 0 Å². The van der Waals surface area contributed by atoms with Crippen LogP contribution in [0, 0.1) is 13.7 Å². The number of allylic oxidation sites excluding steroid dienone is 2. The van der Waals surface area contributed by atoms with E-state index in [1.54, 1.807) is 0 Å². The van der Waals surface area contributed by atoms with Crippen LogP contribution in [-0.4, -0.2) is 31.1 Å². The first kappa shape index (κ1) is 22.4. The molecule has 0 spiro atoms. The molecular formula is C17H12F3IN2O6. The first-order valence-electron chi connectivity index (χ1n) is 7.63. The average molecular weight is 524 g/mol. The average Bonchev–Trinajstić information content (AvgIpc) is 2.88. The summed E-state index contributed by atoms with van der Waals surface area (Å²) < 4.78 is 50.3. The number of halogens is 4. The fourth-order valence-electron chi connectivity index (χ4n) is 2.49. The van der Waals surface area contributed by atoms with Crippen molar-refractivity contribution in [3.63, 3.8) is 0 Å². The lowest BCUT2D eigenvalue weighted by Gasteiger charge is -2.27. The van der Waals surface area contributed by atoms with Crippen molar-refractivity contribution >= 4 is 45.9 Å². The molecule has 1 aliphatic heterocycles. The molecule has 29 heavy (non-hydrogen) atoms. The number of ether oxygens (including phenoxy) is 2. The van der Waals surface area contributed by atoms with Crippen LogP contribution in [0.2, 0.25) is 0 Å². The highest BCUT2D eigenvalue weighted by Gasteiger charge is 2.40. The smallest absolute Gasteiger partial charge is 0.418 e. The predicted octanol–water partition coefficient (Wildman–Crippen LogP) is 3.71. The Kier molecular flexibility index (Phi) is 6.66. The second kappa shape index (κ2) is 8.63. The second-order valence-corrected chi connectivity index (χ2v) is 6.56. The number of carbonyl (C=O) groups is 2. The lowest BCUT2D eigenvalue weighted by molar-refractivity contribution is -0.385. The van der Waals surface area contributed by atoms with Crippen molar-refractivity contribution in [2.75, 3.05) is 19.1 Å². The zero-order chi connectivity index (χ0) is 21.9. The Balaban J connectivity index is 2.91. The standard InChI is InChI=1S/C17H12F3IN2O6/c1-28-15(24)10-5-3-4-6-22(13(10)16(25)29-2)14-11(17(18,19)20)7-9(23(26)27)8-12(14)21/h3-8H,1-2H3. The number of non-ortho nitro benzene ring substituents is 1. The molecule has 0 aliphatic carbocycles. The minimum Gasteiger partial charge on any atom is -0.465 e. The summed E-state index contributed by atoms with van der Waals surface area (Å²) in [5.41, 5.74) is -3.62. The van der Waals surface area contributed by atoms with Crippen molar-refractivity contribution in [2.45, 2.75) is 6.18 Å². The topological polar surface area (TPSA) is 99.0 Å². The van der Waals surface area contributed by atoms with Gasteiger partial charge in [-0.1, -0.05) is 6.08 Å². The van der Waals surface area contributed by atoms with Gasteiger partial charge in [0.05, 0.1) is 36.0 Å². The molecule has 0 amide bonds. The fourth-order valence-corrected chi connectivity index (χ4v) is 3.36. The summed E-state index contributed by atoms with van der Waals surface area (Å²) in [4.78, 5) is 35.4. The largest absolute Gasteiger partial charge is 0.465 e. The normalized spacial score (nSPS) is 13.9. The minimum absolute atomic E-state index is 0.179. The van der Waals surface area contributed by atoms with E-state index in [2.05, 4.69) is 9.47 Å². The van der Waals surface area contributed by atoms with Crippen LogP contribution in [0.5, 0.6) is 0 Å². The number of rotatable bonds is 4. The predicted molar refractivity (Wildman–Crippen MR) is 103 cm³/mol. The highest BCUT2D eigenvalue weighted by atomic mass is 127. The first-order valence-corrected chi connectivity index (χ1v) is 8.71. The summed E-state index contributed by atoms with van der Waals surface area (Å²) in [7, 11) is 2.03. The van der Waals surface area contributed by atoms with E-state index in [1.165, 1.54) is 40.8 Å². The molecule has 0 fully saturated rings. The van der Waals surface area contributed by atoms with Crippen molar-refractivity contribution in [3.8, 4) is 0 Å². The third kappa shape index (κ3) is 4.58. The van der Waals surface area contributed by atoms with E-state index in [4.69, 9.17) is 0 Å². The highest BCUT2D eigenvalue weighted by Crippen LogP contribution is 2.43. The molecular weight excluding hydrogens is 512 g/mol. The Morgan fingerprint density at radius 2 is 1.76 bits per heavy atom. The molecule has 1 aromatic rings. The number of benzene rings is 1. The molecule has 0 unspecified atom stereocenters. The van der Waals surface area contributed by atoms with Crippen LogP contribution < -0.4 is 4.90 Å². The number of carbonyl (C=O) groups excluding carboxylic acids is 2. The van der Waals surface area contributed by atoms with E-state index >= 15 is 0 Å². The van der Waals surface area contributed by atoms with Crippen LogP contribution >= 0.6 is 22.6 Å². The van der Waals surface area contributed by atoms with E-state index in [9.17, 15) is 32.9 Å². The third-order valence-corrected chi connectivity index (χ3v) is 4.52. The number of anilines is 1. The van der Waals surface area contributed by atoms with Crippen LogP contribution in [0.15, 0.2) is 47.8 Å². The Morgan fingerprint density at radius 1 is 1.14 bits per heavy atom. The maximum absolute atomic E-state index is 13.7. The molecule has 0 radical (unpaired) electrons. The highest BCUT2D eigenvalue weighted by molar-refractivity contribution is 14.1. The number of alkyl halides is 3. The summed E-state index contributed by atoms with van der Waals surface area (Å²) in [5, 5.41) is 11.0. The van der Waals surface area contributed by atoms with Gasteiger partial charge in [-0.3, -0.25) is 10.1 Å². The molecule has 2 rings (SSSR count). The number of hydrogen-bond acceptors (Lipinski definition) is 7. The van der Waals surface area contributed by atoms with E-state index in [0.29, 0.717) is 6.07 Å². The van der Waals surface area contributed by atoms with Crippen molar-refractivity contribution in [2.24, 2.45) is 0 Å². The molecule has 1 aliphatic rings. The maximum atomic E-state index is 13.7. The molecule has 12 heteroatoms. The van der Waals surface area contributed by atoms with Crippen molar-refractivity contribution in [1.82, 2.24) is 0 Å². The van der Waals surface area contributed by atoms with Gasteiger partial charge in [-0.15, -0.1) is 0 Å². The lowest BCUT2D eigenvalue weighted by Crippen LogP contribution is -2.29. The van der Waals surface area contributed by atoms with E-state index < -0.39 is 45.7 Å². The third-order valence-electron chi connectivity index (χ3n) is 3.69. The van der Waals surface area contributed by atoms with Crippen LogP contribution in [0.3, 0.4) is 0 Å². The van der Waals surface area contributed by atoms with E-state index in [-0.39, 0.29) is 9.14 Å². The van der Waals surface area contributed by atoms with Crippen LogP contribution in [0.1, 0.15) is 5.56 Å². The van der Waals surface area contributed by atoms with Gasteiger partial charge in [0.25, 0.3) is 5.69 Å². The van der Waals surface area contributed by atoms with E-state index in [0.717, 1.165) is 31.4 Å². The maximum Gasteiger partial charge on any atom is 0.418 e. The molecule has 154 valence electrons. The molecule has 0 saturated carbocycles. The van der Waals surface area contributed by atoms with Gasteiger partial charge in [0.2, 0.25) is 0 Å². The van der Waals surface area contributed by atoms with Gasteiger partial charge in [-0.05, 0) is 34.7 Å². The molecule has 0 N–H and O–H groups in total. The van der Waals surface area contributed by atoms with Crippen LogP contribution in [-0.2, 0) is 25.2 Å². The Bertz CT molecular complexity index is 969. The van der Waals surface area contributed by atoms with Crippen LogP contribution in [0.4, 0.5) is 24.5 Å². The quantitative estimate of drug-likeness (QED) is 0.257. The summed E-state index contributed by atoms with van der Waals surface area (Å²) in [6.45, 7) is 0. The summed E-state index contributed by atoms with van der Waals surface area (Å²) in [6, 6.07) is 1.28. The Morgan fingerprint density at radius 3 is 2.28 bits per heavy atom. The minimum atomic E-state index is -5.00. The zero-order valence-corrected chi connectivity index (χ0v) is 17.0. The summed E-state index contributed by atoms with van der Waals surface area (Å²) >= 11 is 1.49. The molecule has 0 atom stereocenters. The number of hydrogen-bond donors (Lipinski definition) is 0. The lowest BCUT2D eigenvalue weighted by atomic mass is 10.1. The van der Waals surface area contributed by atoms with Gasteiger partial charge >= 0.3 is 18.1 Å². The molecule has 1 heterocycles. The summed E-state index contributed by atoms with van der Waals surface area (Å²) in [6.07, 6.45) is -0.101. The Labute approximate surface area is 175 Å². The summed E-state index contributed by atoms with van der Waals surface area (Å²) in [5.74, 6) is -2.09. The fraction of sp³-hybridized carbons (Fsp3) is 0.176. The van der Waals surface area contributed by atoms with Crippen molar-refractivity contribution < 1.29 is 37.2 Å². The number of esters is 2. The molecule has 1 aromatic carbocycles. The van der Waals surface area contributed by atoms with Gasteiger partial charge in [-0.2, -0.15) is 13.2 Å². The molecule has 8 nitrogen and oxygen atoms in total. The van der Waals surface area contributed by atoms with Gasteiger partial charge in [0, 0.05) is 21.9 Å². The number of methoxy groups -OCH3 is 2. The zero-order valence-electron chi connectivity index (χ0n) is 14.8.